The van der Waals surface area contributed by atoms with Gasteiger partial charge in [-0.15, -0.1) is 0 Å². The summed E-state index contributed by atoms with van der Waals surface area (Å²) in [5.41, 5.74) is 1.85. The summed E-state index contributed by atoms with van der Waals surface area (Å²) in [7, 11) is 0. The summed E-state index contributed by atoms with van der Waals surface area (Å²) in [6, 6.07) is 14.3. The van der Waals surface area contributed by atoms with Gasteiger partial charge in [-0.1, -0.05) is 18.2 Å². The summed E-state index contributed by atoms with van der Waals surface area (Å²) >= 11 is 0. The van der Waals surface area contributed by atoms with Crippen LogP contribution in [0.4, 0.5) is 5.69 Å². The fourth-order valence-electron chi connectivity index (χ4n) is 2.77. The number of carbonyl (C=O) groups is 2. The molecular weight excluding hydrogens is 356 g/mol. The Bertz CT molecular complexity index is 1130. The molecule has 0 atom stereocenters. The van der Waals surface area contributed by atoms with E-state index in [-0.39, 0.29) is 29.5 Å². The smallest absolute Gasteiger partial charge is 0.257 e. The van der Waals surface area contributed by atoms with Crippen molar-refractivity contribution in [1.29, 1.82) is 0 Å². The van der Waals surface area contributed by atoms with Crippen molar-refractivity contribution in [3.8, 4) is 0 Å². The topological polar surface area (TPSA) is 97.1 Å². The molecule has 0 radical (unpaired) electrons. The first-order valence-corrected chi connectivity index (χ1v) is 8.61. The van der Waals surface area contributed by atoms with E-state index in [1.54, 1.807) is 24.4 Å². The fourth-order valence-corrected chi connectivity index (χ4v) is 2.77. The van der Waals surface area contributed by atoms with Gasteiger partial charge in [-0.3, -0.25) is 19.6 Å². The second-order valence-corrected chi connectivity index (χ2v) is 6.06. The van der Waals surface area contributed by atoms with Gasteiger partial charge in [0.05, 0.1) is 35.1 Å². The van der Waals surface area contributed by atoms with Crippen LogP contribution in [0.3, 0.4) is 0 Å². The van der Waals surface area contributed by atoms with Crippen LogP contribution in [-0.4, -0.2) is 21.8 Å². The van der Waals surface area contributed by atoms with Crippen LogP contribution in [0.2, 0.25) is 0 Å². The van der Waals surface area contributed by atoms with Crippen LogP contribution < -0.4 is 10.6 Å². The lowest BCUT2D eigenvalue weighted by Gasteiger charge is -2.09. The zero-order valence-electron chi connectivity index (χ0n) is 14.8. The van der Waals surface area contributed by atoms with Crippen molar-refractivity contribution in [3.05, 3.63) is 90.3 Å². The lowest BCUT2D eigenvalue weighted by molar-refractivity contribution is 0.0947. The Hall–Kier alpha value is -4.00. The van der Waals surface area contributed by atoms with Crippen LogP contribution in [0.25, 0.3) is 10.9 Å². The lowest BCUT2D eigenvalue weighted by atomic mass is 10.1. The highest BCUT2D eigenvalue weighted by atomic mass is 16.3. The number of amides is 2. The number of hydrogen-bond donors (Lipinski definition) is 2. The first kappa shape index (κ1) is 17.4. The van der Waals surface area contributed by atoms with E-state index in [4.69, 9.17) is 4.42 Å². The average molecular weight is 372 g/mol. The van der Waals surface area contributed by atoms with Crippen molar-refractivity contribution in [3.63, 3.8) is 0 Å². The van der Waals surface area contributed by atoms with Gasteiger partial charge in [-0.25, -0.2) is 0 Å². The summed E-state index contributed by atoms with van der Waals surface area (Å²) in [5, 5.41) is 6.48. The van der Waals surface area contributed by atoms with Crippen LogP contribution in [0.5, 0.6) is 0 Å². The molecule has 0 spiro atoms. The monoisotopic (exact) mass is 372 g/mol. The van der Waals surface area contributed by atoms with E-state index < -0.39 is 0 Å². The largest absolute Gasteiger partial charge is 0.467 e. The van der Waals surface area contributed by atoms with Gasteiger partial charge in [-0.2, -0.15) is 0 Å². The summed E-state index contributed by atoms with van der Waals surface area (Å²) < 4.78 is 5.18. The number of nitrogens with zero attached hydrogens (tertiary/aromatic N) is 2. The van der Waals surface area contributed by atoms with Gasteiger partial charge in [0.15, 0.2) is 0 Å². The molecule has 0 aliphatic rings. The number of carbonyl (C=O) groups excluding carboxylic acids is 2. The van der Waals surface area contributed by atoms with Crippen molar-refractivity contribution < 1.29 is 14.0 Å². The first-order valence-electron chi connectivity index (χ1n) is 8.61. The van der Waals surface area contributed by atoms with Gasteiger partial charge in [-0.05, 0) is 30.3 Å². The molecule has 28 heavy (non-hydrogen) atoms. The lowest BCUT2D eigenvalue weighted by Crippen LogP contribution is -2.23. The van der Waals surface area contributed by atoms with Crippen molar-refractivity contribution >= 4 is 28.4 Å². The number of aromatic nitrogens is 2. The van der Waals surface area contributed by atoms with E-state index in [0.29, 0.717) is 17.0 Å². The van der Waals surface area contributed by atoms with Crippen LogP contribution in [-0.2, 0) is 6.54 Å². The number of furan rings is 1. The molecule has 2 amide bonds. The van der Waals surface area contributed by atoms with E-state index in [9.17, 15) is 9.59 Å². The number of hydrogen-bond acceptors (Lipinski definition) is 5. The highest BCUT2D eigenvalue weighted by Crippen LogP contribution is 2.21. The third-order valence-corrected chi connectivity index (χ3v) is 4.15. The molecule has 138 valence electrons. The predicted octanol–water partition coefficient (Wildman–Crippen LogP) is 3.41. The molecule has 0 saturated heterocycles. The molecule has 2 N–H and O–H groups in total. The molecule has 0 unspecified atom stereocenters. The van der Waals surface area contributed by atoms with Crippen molar-refractivity contribution in [2.75, 3.05) is 5.32 Å². The molecule has 1 aromatic carbocycles. The Morgan fingerprint density at radius 1 is 0.964 bits per heavy atom. The molecule has 3 aromatic heterocycles. The number of para-hydroxylation sites is 1. The molecule has 7 heteroatoms. The highest BCUT2D eigenvalue weighted by Gasteiger charge is 2.13. The Labute approximate surface area is 160 Å². The standard InChI is InChI=1S/C21H16N4O3/c26-20(24-13-17-6-3-9-28-17)15-10-16(12-22-11-15)21(27)25-18-7-1-4-14-5-2-8-23-19(14)18/h1-12H,13H2,(H,24,26)(H,25,27). The maximum absolute atomic E-state index is 12.7. The van der Waals surface area contributed by atoms with Crippen LogP contribution in [0.15, 0.2) is 77.8 Å². The Kier molecular flexibility index (Phi) is 4.79. The highest BCUT2D eigenvalue weighted by molar-refractivity contribution is 6.09. The SMILES string of the molecule is O=C(NCc1ccco1)c1cncc(C(=O)Nc2cccc3cccnc23)c1. The van der Waals surface area contributed by atoms with E-state index in [0.717, 1.165) is 5.39 Å². The number of pyridine rings is 2. The third kappa shape index (κ3) is 3.73. The number of benzene rings is 1. The second kappa shape index (κ2) is 7.71. The quantitative estimate of drug-likeness (QED) is 0.560. The summed E-state index contributed by atoms with van der Waals surface area (Å²) in [6.07, 6.45) is 6.03. The molecular formula is C21H16N4O3. The minimum Gasteiger partial charge on any atom is -0.467 e. The molecule has 3 heterocycles. The van der Waals surface area contributed by atoms with Crippen LogP contribution >= 0.6 is 0 Å². The van der Waals surface area contributed by atoms with Crippen molar-refractivity contribution in [2.24, 2.45) is 0 Å². The van der Waals surface area contributed by atoms with Crippen LogP contribution in [0.1, 0.15) is 26.5 Å². The van der Waals surface area contributed by atoms with Gasteiger partial charge in [0.25, 0.3) is 11.8 Å². The molecule has 0 aliphatic heterocycles. The Balaban J connectivity index is 1.50. The van der Waals surface area contributed by atoms with Gasteiger partial charge in [0.1, 0.15) is 5.76 Å². The summed E-state index contributed by atoms with van der Waals surface area (Å²) in [4.78, 5) is 33.3. The maximum Gasteiger partial charge on any atom is 0.257 e. The summed E-state index contributed by atoms with van der Waals surface area (Å²) in [5.74, 6) is -0.0737. The fraction of sp³-hybridized carbons (Fsp3) is 0.0476. The first-order chi connectivity index (χ1) is 13.7. The molecule has 0 saturated carbocycles. The summed E-state index contributed by atoms with van der Waals surface area (Å²) in [6.45, 7) is 0.254. The number of nitrogens with one attached hydrogen (secondary N) is 2. The van der Waals surface area contributed by atoms with Crippen molar-refractivity contribution in [1.82, 2.24) is 15.3 Å². The predicted molar refractivity (Wildman–Crippen MR) is 104 cm³/mol. The third-order valence-electron chi connectivity index (χ3n) is 4.15. The number of fused-ring (bicyclic) bond motifs is 1. The molecule has 4 rings (SSSR count). The van der Waals surface area contributed by atoms with Gasteiger partial charge in [0.2, 0.25) is 0 Å². The average Bonchev–Trinajstić information content (AvgIpc) is 3.26. The molecule has 0 aliphatic carbocycles. The van der Waals surface area contributed by atoms with E-state index in [1.807, 2.05) is 24.3 Å². The second-order valence-electron chi connectivity index (χ2n) is 6.06. The maximum atomic E-state index is 12.7. The molecule has 0 fully saturated rings. The van der Waals surface area contributed by atoms with Gasteiger partial charge in [0, 0.05) is 24.0 Å². The van der Waals surface area contributed by atoms with Gasteiger partial charge >= 0.3 is 0 Å². The Morgan fingerprint density at radius 2 is 1.79 bits per heavy atom. The van der Waals surface area contributed by atoms with E-state index in [2.05, 4.69) is 20.6 Å². The Morgan fingerprint density at radius 3 is 2.61 bits per heavy atom. The van der Waals surface area contributed by atoms with Crippen LogP contribution in [0, 0.1) is 0 Å². The minimum absolute atomic E-state index is 0.254. The number of anilines is 1. The molecule has 7 nitrogen and oxygen atoms in total. The minimum atomic E-state index is -0.369. The van der Waals surface area contributed by atoms with E-state index in [1.165, 1.54) is 24.7 Å². The van der Waals surface area contributed by atoms with E-state index >= 15 is 0 Å². The van der Waals surface area contributed by atoms with Gasteiger partial charge < -0.3 is 15.1 Å². The zero-order valence-corrected chi connectivity index (χ0v) is 14.8. The normalized spacial score (nSPS) is 10.6. The number of rotatable bonds is 5. The zero-order chi connectivity index (χ0) is 19.3. The molecule has 4 aromatic rings. The van der Waals surface area contributed by atoms with Crippen molar-refractivity contribution in [2.45, 2.75) is 6.54 Å². The molecule has 0 bridgehead atoms.